The molecule has 0 aliphatic rings. The molecule has 1 aromatic heterocycles. The van der Waals surface area contributed by atoms with Gasteiger partial charge < -0.3 is 5.11 Å². The van der Waals surface area contributed by atoms with Crippen LogP contribution in [0.1, 0.15) is 30.6 Å². The molecule has 0 aliphatic carbocycles. The van der Waals surface area contributed by atoms with Crippen molar-refractivity contribution in [2.24, 2.45) is 0 Å². The molecule has 0 saturated carbocycles. The molecule has 17 heavy (non-hydrogen) atoms. The molecular formula is C13H15FN2O. The molecule has 0 amide bonds. The second kappa shape index (κ2) is 5.10. The molecule has 1 unspecified atom stereocenters. The Bertz CT molecular complexity index is 496. The van der Waals surface area contributed by atoms with Crippen molar-refractivity contribution < 1.29 is 9.50 Å². The molecule has 2 aromatic rings. The van der Waals surface area contributed by atoms with E-state index in [1.54, 1.807) is 35.3 Å². The minimum atomic E-state index is -0.957. The van der Waals surface area contributed by atoms with Crippen molar-refractivity contribution in [3.8, 4) is 0 Å². The Morgan fingerprint density at radius 2 is 2.18 bits per heavy atom. The summed E-state index contributed by atoms with van der Waals surface area (Å²) in [6.45, 7) is 2.85. The van der Waals surface area contributed by atoms with Crippen molar-refractivity contribution in [2.45, 2.75) is 26.0 Å². The lowest BCUT2D eigenvalue weighted by molar-refractivity contribution is 0.215. The van der Waals surface area contributed by atoms with Gasteiger partial charge in [0.2, 0.25) is 0 Å². The molecule has 1 atom stereocenters. The number of halogens is 1. The third kappa shape index (κ3) is 2.53. The number of nitrogens with zero attached hydrogens (tertiary/aromatic N) is 2. The van der Waals surface area contributed by atoms with Crippen molar-refractivity contribution >= 4 is 0 Å². The zero-order chi connectivity index (χ0) is 12.3. The summed E-state index contributed by atoms with van der Waals surface area (Å²) >= 11 is 0. The first-order chi connectivity index (χ1) is 8.22. The zero-order valence-electron chi connectivity index (χ0n) is 9.68. The van der Waals surface area contributed by atoms with E-state index in [0.717, 1.165) is 13.0 Å². The number of rotatable bonds is 4. The number of aliphatic hydroxyl groups excluding tert-OH is 1. The summed E-state index contributed by atoms with van der Waals surface area (Å²) < 4.78 is 15.2. The molecule has 0 aliphatic heterocycles. The van der Waals surface area contributed by atoms with Gasteiger partial charge in [-0.05, 0) is 12.5 Å². The molecule has 0 fully saturated rings. The van der Waals surface area contributed by atoms with Crippen LogP contribution in [0.3, 0.4) is 0 Å². The van der Waals surface area contributed by atoms with Crippen molar-refractivity contribution in [2.75, 3.05) is 0 Å². The number of aryl methyl sites for hydroxylation is 1. The van der Waals surface area contributed by atoms with Crippen LogP contribution in [0, 0.1) is 5.82 Å². The maximum atomic E-state index is 13.5. The van der Waals surface area contributed by atoms with E-state index in [9.17, 15) is 9.50 Å². The highest BCUT2D eigenvalue weighted by Gasteiger charge is 2.15. The van der Waals surface area contributed by atoms with E-state index in [-0.39, 0.29) is 5.56 Å². The quantitative estimate of drug-likeness (QED) is 0.882. The van der Waals surface area contributed by atoms with Gasteiger partial charge in [-0.25, -0.2) is 4.39 Å². The number of hydrogen-bond acceptors (Lipinski definition) is 2. The van der Waals surface area contributed by atoms with E-state index >= 15 is 0 Å². The molecular weight excluding hydrogens is 219 g/mol. The second-order valence-electron chi connectivity index (χ2n) is 3.96. The minimum Gasteiger partial charge on any atom is -0.383 e. The summed E-state index contributed by atoms with van der Waals surface area (Å²) in [5, 5.41) is 14.2. The molecule has 0 saturated heterocycles. The monoisotopic (exact) mass is 234 g/mol. The predicted molar refractivity (Wildman–Crippen MR) is 63.0 cm³/mol. The van der Waals surface area contributed by atoms with Crippen LogP contribution in [-0.2, 0) is 6.54 Å². The SMILES string of the molecule is CCCn1cc(C(O)c2ccccc2F)cn1. The van der Waals surface area contributed by atoms with Crippen LogP contribution in [0.5, 0.6) is 0 Å². The Hall–Kier alpha value is -1.68. The maximum Gasteiger partial charge on any atom is 0.129 e. The van der Waals surface area contributed by atoms with Crippen molar-refractivity contribution in [1.82, 2.24) is 9.78 Å². The van der Waals surface area contributed by atoms with E-state index in [4.69, 9.17) is 0 Å². The number of hydrogen-bond donors (Lipinski definition) is 1. The third-order valence-corrected chi connectivity index (χ3v) is 2.62. The topological polar surface area (TPSA) is 38.0 Å². The number of aliphatic hydroxyl groups is 1. The lowest BCUT2D eigenvalue weighted by Crippen LogP contribution is -2.01. The smallest absolute Gasteiger partial charge is 0.129 e. The van der Waals surface area contributed by atoms with E-state index in [0.29, 0.717) is 5.56 Å². The average Bonchev–Trinajstić information content (AvgIpc) is 2.78. The summed E-state index contributed by atoms with van der Waals surface area (Å²) in [6, 6.07) is 6.23. The van der Waals surface area contributed by atoms with Crippen molar-refractivity contribution in [3.05, 3.63) is 53.6 Å². The average molecular weight is 234 g/mol. The van der Waals surface area contributed by atoms with Gasteiger partial charge in [-0.15, -0.1) is 0 Å². The highest BCUT2D eigenvalue weighted by Crippen LogP contribution is 2.23. The highest BCUT2D eigenvalue weighted by atomic mass is 19.1. The van der Waals surface area contributed by atoms with Gasteiger partial charge in [0.15, 0.2) is 0 Å². The third-order valence-electron chi connectivity index (χ3n) is 2.62. The van der Waals surface area contributed by atoms with Crippen molar-refractivity contribution in [3.63, 3.8) is 0 Å². The van der Waals surface area contributed by atoms with Crippen LogP contribution in [0.2, 0.25) is 0 Å². The molecule has 1 N–H and O–H groups in total. The first kappa shape index (κ1) is 11.8. The summed E-state index contributed by atoms with van der Waals surface area (Å²) in [5.74, 6) is -0.400. The molecule has 1 aromatic carbocycles. The summed E-state index contributed by atoms with van der Waals surface area (Å²) in [4.78, 5) is 0. The fourth-order valence-electron chi connectivity index (χ4n) is 1.75. The van der Waals surface area contributed by atoms with E-state index < -0.39 is 11.9 Å². The number of benzene rings is 1. The summed E-state index contributed by atoms with van der Waals surface area (Å²) in [6.07, 6.45) is 3.34. The Morgan fingerprint density at radius 1 is 1.41 bits per heavy atom. The molecule has 4 heteroatoms. The standard InChI is InChI=1S/C13H15FN2O/c1-2-7-16-9-10(8-15-16)13(17)11-5-3-4-6-12(11)14/h3-6,8-9,13,17H,2,7H2,1H3. The zero-order valence-corrected chi connectivity index (χ0v) is 9.68. The van der Waals surface area contributed by atoms with Crippen LogP contribution in [0.4, 0.5) is 4.39 Å². The summed E-state index contributed by atoms with van der Waals surface area (Å²) in [5.41, 5.74) is 0.895. The largest absolute Gasteiger partial charge is 0.383 e. The molecule has 2 rings (SSSR count). The lowest BCUT2D eigenvalue weighted by atomic mass is 10.0. The highest BCUT2D eigenvalue weighted by molar-refractivity contribution is 5.28. The van der Waals surface area contributed by atoms with Crippen LogP contribution >= 0.6 is 0 Å². The van der Waals surface area contributed by atoms with Gasteiger partial charge in [-0.2, -0.15) is 5.10 Å². The molecule has 1 heterocycles. The molecule has 0 bridgehead atoms. The molecule has 0 spiro atoms. The first-order valence-corrected chi connectivity index (χ1v) is 5.67. The van der Waals surface area contributed by atoms with Gasteiger partial charge in [0.1, 0.15) is 11.9 Å². The van der Waals surface area contributed by atoms with Gasteiger partial charge in [-0.1, -0.05) is 25.1 Å². The second-order valence-corrected chi connectivity index (χ2v) is 3.96. The predicted octanol–water partition coefficient (Wildman–Crippen LogP) is 2.51. The normalized spacial score (nSPS) is 12.6. The lowest BCUT2D eigenvalue weighted by Gasteiger charge is -2.09. The van der Waals surface area contributed by atoms with Gasteiger partial charge in [-0.3, -0.25) is 4.68 Å². The van der Waals surface area contributed by atoms with E-state index in [1.165, 1.54) is 6.07 Å². The maximum absolute atomic E-state index is 13.5. The summed E-state index contributed by atoms with van der Waals surface area (Å²) in [7, 11) is 0. The molecule has 0 radical (unpaired) electrons. The number of aromatic nitrogens is 2. The van der Waals surface area contributed by atoms with Crippen LogP contribution in [0.25, 0.3) is 0 Å². The Labute approximate surface area is 99.5 Å². The fourth-order valence-corrected chi connectivity index (χ4v) is 1.75. The van der Waals surface area contributed by atoms with Gasteiger partial charge in [0, 0.05) is 23.9 Å². The first-order valence-electron chi connectivity index (χ1n) is 5.67. The molecule has 90 valence electrons. The van der Waals surface area contributed by atoms with E-state index in [2.05, 4.69) is 12.0 Å². The Morgan fingerprint density at radius 3 is 2.88 bits per heavy atom. The van der Waals surface area contributed by atoms with Crippen LogP contribution in [0.15, 0.2) is 36.7 Å². The van der Waals surface area contributed by atoms with Crippen molar-refractivity contribution in [1.29, 1.82) is 0 Å². The molecule has 3 nitrogen and oxygen atoms in total. The van der Waals surface area contributed by atoms with Gasteiger partial charge >= 0.3 is 0 Å². The fraction of sp³-hybridized carbons (Fsp3) is 0.308. The van der Waals surface area contributed by atoms with Crippen LogP contribution in [-0.4, -0.2) is 14.9 Å². The minimum absolute atomic E-state index is 0.281. The Balaban J connectivity index is 2.24. The van der Waals surface area contributed by atoms with E-state index in [1.807, 2.05) is 0 Å². The van der Waals surface area contributed by atoms with Gasteiger partial charge in [0.05, 0.1) is 6.20 Å². The Kier molecular flexibility index (Phi) is 3.54. The van der Waals surface area contributed by atoms with Crippen LogP contribution < -0.4 is 0 Å². The van der Waals surface area contributed by atoms with Gasteiger partial charge in [0.25, 0.3) is 0 Å².